The molecule has 0 saturated carbocycles. The van der Waals surface area contributed by atoms with E-state index in [1.54, 1.807) is 11.8 Å². The van der Waals surface area contributed by atoms with Crippen molar-refractivity contribution in [2.75, 3.05) is 19.0 Å². The Morgan fingerprint density at radius 1 is 1.16 bits per heavy atom. The normalized spacial score (nSPS) is 15.3. The number of ether oxygens (including phenoxy) is 2. The van der Waals surface area contributed by atoms with E-state index in [1.807, 2.05) is 63.2 Å². The van der Waals surface area contributed by atoms with Gasteiger partial charge in [0.25, 0.3) is 0 Å². The summed E-state index contributed by atoms with van der Waals surface area (Å²) in [5.74, 6) is 1.77. The maximum Gasteiger partial charge on any atom is 0.248 e. The number of nitrogens with one attached hydrogen (secondary N) is 1. The average Bonchev–Trinajstić information content (AvgIpc) is 3.17. The van der Waals surface area contributed by atoms with Gasteiger partial charge in [0.2, 0.25) is 11.9 Å². The summed E-state index contributed by atoms with van der Waals surface area (Å²) >= 11 is 0. The standard InChI is InChI=1S/C23H25N5O3/c1-5-31-17-11-10-16(12-18(17)30-4)20-19(21(24)29)14(3)25-23-26-22(27-28(20)23)15-8-6-13(2)7-9-15/h6-12,20H,5H2,1-4H3,(H2,24,29)(H,25,26,27). The summed E-state index contributed by atoms with van der Waals surface area (Å²) in [7, 11) is 1.58. The lowest BCUT2D eigenvalue weighted by Gasteiger charge is -2.28. The fourth-order valence-corrected chi connectivity index (χ4v) is 3.73. The predicted molar refractivity (Wildman–Crippen MR) is 118 cm³/mol. The molecule has 1 amide bonds. The van der Waals surface area contributed by atoms with Crippen LogP contribution in [0.1, 0.15) is 31.0 Å². The van der Waals surface area contributed by atoms with Gasteiger partial charge < -0.3 is 20.5 Å². The number of anilines is 1. The molecule has 31 heavy (non-hydrogen) atoms. The topological polar surface area (TPSA) is 104 Å². The van der Waals surface area contributed by atoms with Gasteiger partial charge in [-0.1, -0.05) is 35.9 Å². The van der Waals surface area contributed by atoms with E-state index in [-0.39, 0.29) is 0 Å². The molecule has 1 unspecified atom stereocenters. The molecule has 1 aromatic heterocycles. The number of hydrogen-bond donors (Lipinski definition) is 2. The maximum absolute atomic E-state index is 12.4. The molecule has 0 bridgehead atoms. The highest BCUT2D eigenvalue weighted by Crippen LogP contribution is 2.39. The Balaban J connectivity index is 1.86. The number of carbonyl (C=O) groups is 1. The first-order chi connectivity index (χ1) is 14.9. The first kappa shape index (κ1) is 20.5. The molecule has 3 aromatic rings. The SMILES string of the molecule is CCOc1ccc(C2C(C(N)=O)=C(C)Nc3nc(-c4ccc(C)cc4)nn32)cc1OC. The molecule has 8 heteroatoms. The Hall–Kier alpha value is -3.81. The highest BCUT2D eigenvalue weighted by molar-refractivity contribution is 5.95. The van der Waals surface area contributed by atoms with Gasteiger partial charge in [0.15, 0.2) is 17.3 Å². The van der Waals surface area contributed by atoms with Crippen molar-refractivity contribution in [3.8, 4) is 22.9 Å². The lowest BCUT2D eigenvalue weighted by molar-refractivity contribution is -0.115. The second-order valence-electron chi connectivity index (χ2n) is 7.34. The number of aryl methyl sites for hydroxylation is 1. The molecule has 160 valence electrons. The van der Waals surface area contributed by atoms with Crippen molar-refractivity contribution in [3.63, 3.8) is 0 Å². The third-order valence-corrected chi connectivity index (χ3v) is 5.23. The lowest BCUT2D eigenvalue weighted by atomic mass is 9.95. The van der Waals surface area contributed by atoms with E-state index in [4.69, 9.17) is 20.3 Å². The second-order valence-corrected chi connectivity index (χ2v) is 7.34. The van der Waals surface area contributed by atoms with Crippen molar-refractivity contribution in [3.05, 3.63) is 64.9 Å². The van der Waals surface area contributed by atoms with E-state index >= 15 is 0 Å². The minimum atomic E-state index is -0.551. The van der Waals surface area contributed by atoms with Crippen LogP contribution in [0.5, 0.6) is 11.5 Å². The van der Waals surface area contributed by atoms with Gasteiger partial charge in [-0.25, -0.2) is 4.68 Å². The molecular formula is C23H25N5O3. The van der Waals surface area contributed by atoms with Crippen LogP contribution in [0.15, 0.2) is 53.7 Å². The fourth-order valence-electron chi connectivity index (χ4n) is 3.73. The Bertz CT molecular complexity index is 1160. The van der Waals surface area contributed by atoms with E-state index in [0.717, 1.165) is 16.7 Å². The van der Waals surface area contributed by atoms with Crippen LogP contribution in [0.2, 0.25) is 0 Å². The Morgan fingerprint density at radius 2 is 1.90 bits per heavy atom. The quantitative estimate of drug-likeness (QED) is 0.634. The van der Waals surface area contributed by atoms with Crippen LogP contribution in [0.25, 0.3) is 11.4 Å². The molecule has 2 heterocycles. The number of methoxy groups -OCH3 is 1. The van der Waals surface area contributed by atoms with Gasteiger partial charge in [0, 0.05) is 11.3 Å². The molecule has 0 saturated heterocycles. The van der Waals surface area contributed by atoms with Crippen molar-refractivity contribution in [1.29, 1.82) is 0 Å². The van der Waals surface area contributed by atoms with E-state index in [0.29, 0.717) is 41.1 Å². The summed E-state index contributed by atoms with van der Waals surface area (Å²) in [6.07, 6.45) is 0. The molecule has 2 aromatic carbocycles. The molecule has 0 radical (unpaired) electrons. The molecule has 4 rings (SSSR count). The largest absolute Gasteiger partial charge is 0.493 e. The van der Waals surface area contributed by atoms with Gasteiger partial charge in [0.05, 0.1) is 19.3 Å². The predicted octanol–water partition coefficient (Wildman–Crippen LogP) is 3.44. The van der Waals surface area contributed by atoms with Crippen LogP contribution >= 0.6 is 0 Å². The van der Waals surface area contributed by atoms with Gasteiger partial charge in [-0.15, -0.1) is 5.10 Å². The van der Waals surface area contributed by atoms with Crippen molar-refractivity contribution >= 4 is 11.9 Å². The summed E-state index contributed by atoms with van der Waals surface area (Å²) < 4.78 is 12.8. The number of amides is 1. The van der Waals surface area contributed by atoms with Gasteiger partial charge in [0.1, 0.15) is 6.04 Å². The van der Waals surface area contributed by atoms with Crippen LogP contribution in [0, 0.1) is 6.92 Å². The zero-order valence-corrected chi connectivity index (χ0v) is 18.0. The number of rotatable bonds is 6. The fraction of sp³-hybridized carbons (Fsp3) is 0.261. The van der Waals surface area contributed by atoms with Crippen molar-refractivity contribution in [1.82, 2.24) is 14.8 Å². The number of primary amides is 1. The molecule has 0 fully saturated rings. The van der Waals surface area contributed by atoms with E-state index in [9.17, 15) is 4.79 Å². The van der Waals surface area contributed by atoms with Crippen molar-refractivity contribution in [2.24, 2.45) is 5.73 Å². The van der Waals surface area contributed by atoms with Crippen LogP contribution < -0.4 is 20.5 Å². The van der Waals surface area contributed by atoms with Crippen LogP contribution in [-0.2, 0) is 4.79 Å². The summed E-state index contributed by atoms with van der Waals surface area (Å²) in [4.78, 5) is 17.1. The third-order valence-electron chi connectivity index (χ3n) is 5.23. The second kappa shape index (κ2) is 8.14. The summed E-state index contributed by atoms with van der Waals surface area (Å²) in [5, 5.41) is 7.88. The van der Waals surface area contributed by atoms with E-state index in [2.05, 4.69) is 10.3 Å². The zero-order valence-electron chi connectivity index (χ0n) is 18.0. The Kier molecular flexibility index (Phi) is 5.37. The Labute approximate surface area is 180 Å². The minimum absolute atomic E-state index is 0.416. The summed E-state index contributed by atoms with van der Waals surface area (Å²) in [5.41, 5.74) is 9.65. The molecule has 1 aliphatic heterocycles. The van der Waals surface area contributed by atoms with Gasteiger partial charge in [-0.3, -0.25) is 4.79 Å². The van der Waals surface area contributed by atoms with Gasteiger partial charge >= 0.3 is 0 Å². The molecule has 8 nitrogen and oxygen atoms in total. The number of aromatic nitrogens is 3. The summed E-state index contributed by atoms with van der Waals surface area (Å²) in [6, 6.07) is 13.0. The van der Waals surface area contributed by atoms with Gasteiger partial charge in [-0.05, 0) is 38.5 Å². The Morgan fingerprint density at radius 3 is 2.55 bits per heavy atom. The number of hydrogen-bond acceptors (Lipinski definition) is 6. The monoisotopic (exact) mass is 419 g/mol. The molecular weight excluding hydrogens is 394 g/mol. The molecule has 3 N–H and O–H groups in total. The van der Waals surface area contributed by atoms with Crippen LogP contribution in [-0.4, -0.2) is 34.4 Å². The molecule has 0 spiro atoms. The average molecular weight is 419 g/mol. The molecule has 0 aliphatic carbocycles. The van der Waals surface area contributed by atoms with Crippen LogP contribution in [0.3, 0.4) is 0 Å². The summed E-state index contributed by atoms with van der Waals surface area (Å²) in [6.45, 7) is 6.26. The first-order valence-corrected chi connectivity index (χ1v) is 10.0. The smallest absolute Gasteiger partial charge is 0.248 e. The van der Waals surface area contributed by atoms with Crippen molar-refractivity contribution < 1.29 is 14.3 Å². The van der Waals surface area contributed by atoms with E-state index in [1.165, 1.54) is 0 Å². The lowest BCUT2D eigenvalue weighted by Crippen LogP contribution is -2.31. The number of carbonyl (C=O) groups excluding carboxylic acids is 1. The zero-order chi connectivity index (χ0) is 22.1. The molecule has 1 atom stereocenters. The third kappa shape index (κ3) is 3.72. The minimum Gasteiger partial charge on any atom is -0.493 e. The van der Waals surface area contributed by atoms with Crippen LogP contribution in [0.4, 0.5) is 5.95 Å². The maximum atomic E-state index is 12.4. The number of fused-ring (bicyclic) bond motifs is 1. The molecule has 1 aliphatic rings. The highest BCUT2D eigenvalue weighted by Gasteiger charge is 2.34. The number of allylic oxidation sites excluding steroid dienone is 1. The highest BCUT2D eigenvalue weighted by atomic mass is 16.5. The van der Waals surface area contributed by atoms with E-state index < -0.39 is 11.9 Å². The first-order valence-electron chi connectivity index (χ1n) is 10.0. The number of nitrogens with zero attached hydrogens (tertiary/aromatic N) is 3. The number of nitrogens with two attached hydrogens (primary N) is 1. The van der Waals surface area contributed by atoms with Crippen molar-refractivity contribution in [2.45, 2.75) is 26.8 Å². The van der Waals surface area contributed by atoms with Gasteiger partial charge in [-0.2, -0.15) is 4.98 Å². The number of benzene rings is 2.